The number of amides is 1. The average Bonchev–Trinajstić information content (AvgIpc) is 2.73. The number of anilines is 1. The summed E-state index contributed by atoms with van der Waals surface area (Å²) in [6.45, 7) is 2.21. The summed E-state index contributed by atoms with van der Waals surface area (Å²) >= 11 is 0. The number of hydrogen-bond donors (Lipinski definition) is 1. The van der Waals surface area contributed by atoms with Gasteiger partial charge in [0.1, 0.15) is 13.2 Å². The zero-order valence-corrected chi connectivity index (χ0v) is 15.4. The zero-order chi connectivity index (χ0) is 20.1. The van der Waals surface area contributed by atoms with E-state index in [1.807, 2.05) is 6.07 Å². The van der Waals surface area contributed by atoms with Crippen LogP contribution in [-0.4, -0.2) is 38.3 Å². The van der Waals surface area contributed by atoms with Crippen LogP contribution < -0.4 is 19.5 Å². The van der Waals surface area contributed by atoms with Crippen molar-refractivity contribution in [3.63, 3.8) is 0 Å². The number of nitrogens with one attached hydrogen (secondary N) is 1. The summed E-state index contributed by atoms with van der Waals surface area (Å²) in [7, 11) is 1.45. The lowest BCUT2D eigenvalue weighted by molar-refractivity contribution is -0.123. The van der Waals surface area contributed by atoms with E-state index in [1.54, 1.807) is 24.3 Å². The van der Waals surface area contributed by atoms with Gasteiger partial charge >= 0.3 is 5.97 Å². The van der Waals surface area contributed by atoms with E-state index < -0.39 is 18.0 Å². The first-order valence-corrected chi connectivity index (χ1v) is 8.51. The molecule has 0 spiro atoms. The molecule has 144 valence electrons. The molecule has 1 aliphatic rings. The Hall–Kier alpha value is -3.73. The van der Waals surface area contributed by atoms with Crippen molar-refractivity contribution in [2.24, 2.45) is 0 Å². The minimum Gasteiger partial charge on any atom is -0.493 e. The van der Waals surface area contributed by atoms with Crippen molar-refractivity contribution in [2.75, 3.05) is 25.6 Å². The number of nitrogens with zero attached hydrogens (tertiary/aromatic N) is 1. The maximum atomic E-state index is 12.5. The van der Waals surface area contributed by atoms with Crippen LogP contribution in [-0.2, 0) is 9.53 Å². The van der Waals surface area contributed by atoms with Gasteiger partial charge < -0.3 is 24.3 Å². The molecule has 8 nitrogen and oxygen atoms in total. The van der Waals surface area contributed by atoms with Gasteiger partial charge in [-0.1, -0.05) is 0 Å². The number of rotatable bonds is 5. The summed E-state index contributed by atoms with van der Waals surface area (Å²) in [5.74, 6) is -0.0386. The van der Waals surface area contributed by atoms with E-state index in [2.05, 4.69) is 5.32 Å². The van der Waals surface area contributed by atoms with Crippen LogP contribution in [0.2, 0.25) is 0 Å². The number of carbonyl (C=O) groups excluding carboxylic acids is 2. The molecule has 1 N–H and O–H groups in total. The monoisotopic (exact) mass is 382 g/mol. The molecule has 0 unspecified atom stereocenters. The maximum absolute atomic E-state index is 12.5. The van der Waals surface area contributed by atoms with E-state index in [0.29, 0.717) is 41.7 Å². The molecule has 0 radical (unpaired) electrons. The Kier molecular flexibility index (Phi) is 5.65. The first kappa shape index (κ1) is 19.0. The van der Waals surface area contributed by atoms with E-state index in [9.17, 15) is 9.59 Å². The Morgan fingerprint density at radius 2 is 1.89 bits per heavy atom. The van der Waals surface area contributed by atoms with E-state index in [-0.39, 0.29) is 5.56 Å². The van der Waals surface area contributed by atoms with Gasteiger partial charge in [0.2, 0.25) is 5.75 Å². The van der Waals surface area contributed by atoms with Gasteiger partial charge in [-0.2, -0.15) is 5.26 Å². The predicted molar refractivity (Wildman–Crippen MR) is 98.6 cm³/mol. The van der Waals surface area contributed by atoms with Crippen LogP contribution in [0, 0.1) is 11.3 Å². The van der Waals surface area contributed by atoms with Crippen molar-refractivity contribution in [1.82, 2.24) is 0 Å². The van der Waals surface area contributed by atoms with Crippen LogP contribution in [0.3, 0.4) is 0 Å². The van der Waals surface area contributed by atoms with Gasteiger partial charge in [0, 0.05) is 5.69 Å². The largest absolute Gasteiger partial charge is 0.493 e. The third kappa shape index (κ3) is 4.15. The second kappa shape index (κ2) is 8.31. The SMILES string of the molecule is COc1cc(C(=O)O[C@H](C)C(=O)Nc2ccc(C#N)cc2)cc2c1OCCO2. The molecule has 0 saturated heterocycles. The fourth-order valence-corrected chi connectivity index (χ4v) is 2.55. The first-order valence-electron chi connectivity index (χ1n) is 8.51. The third-order valence-corrected chi connectivity index (χ3v) is 4.00. The highest BCUT2D eigenvalue weighted by Crippen LogP contribution is 2.40. The van der Waals surface area contributed by atoms with E-state index >= 15 is 0 Å². The molecule has 1 heterocycles. The highest BCUT2D eigenvalue weighted by atomic mass is 16.6. The van der Waals surface area contributed by atoms with Crippen molar-refractivity contribution in [3.05, 3.63) is 47.5 Å². The molecule has 2 aromatic rings. The molecule has 0 saturated carbocycles. The molecule has 0 aliphatic carbocycles. The third-order valence-electron chi connectivity index (χ3n) is 4.00. The fourth-order valence-electron chi connectivity index (χ4n) is 2.55. The lowest BCUT2D eigenvalue weighted by Gasteiger charge is -2.21. The lowest BCUT2D eigenvalue weighted by atomic mass is 10.1. The molecule has 3 rings (SSSR count). The van der Waals surface area contributed by atoms with E-state index in [0.717, 1.165) is 0 Å². The van der Waals surface area contributed by atoms with E-state index in [1.165, 1.54) is 26.2 Å². The number of methoxy groups -OCH3 is 1. The van der Waals surface area contributed by atoms with Gasteiger partial charge in [-0.3, -0.25) is 4.79 Å². The minimum atomic E-state index is -1.04. The van der Waals surface area contributed by atoms with Crippen molar-refractivity contribution in [3.8, 4) is 23.3 Å². The number of ether oxygens (including phenoxy) is 4. The number of fused-ring (bicyclic) bond motifs is 1. The number of hydrogen-bond acceptors (Lipinski definition) is 7. The summed E-state index contributed by atoms with van der Waals surface area (Å²) in [5.41, 5.74) is 1.15. The summed E-state index contributed by atoms with van der Waals surface area (Å²) in [6, 6.07) is 11.3. The second-order valence-electron chi connectivity index (χ2n) is 5.93. The predicted octanol–water partition coefficient (Wildman–Crippen LogP) is 2.52. The lowest BCUT2D eigenvalue weighted by Crippen LogP contribution is -2.30. The van der Waals surface area contributed by atoms with Crippen molar-refractivity contribution >= 4 is 17.6 Å². The molecule has 28 heavy (non-hydrogen) atoms. The molecular formula is C20H18N2O6. The quantitative estimate of drug-likeness (QED) is 0.792. The molecule has 1 amide bonds. The molecule has 1 aliphatic heterocycles. The molecule has 0 fully saturated rings. The number of carbonyl (C=O) groups is 2. The highest BCUT2D eigenvalue weighted by molar-refractivity contribution is 5.97. The highest BCUT2D eigenvalue weighted by Gasteiger charge is 2.24. The molecule has 0 bridgehead atoms. The minimum absolute atomic E-state index is 0.180. The van der Waals surface area contributed by atoms with Gasteiger partial charge in [0.15, 0.2) is 17.6 Å². The van der Waals surface area contributed by atoms with Gasteiger partial charge in [-0.15, -0.1) is 0 Å². The Bertz CT molecular complexity index is 916. The Labute approximate surface area is 161 Å². The van der Waals surface area contributed by atoms with Crippen LogP contribution in [0.25, 0.3) is 0 Å². The summed E-state index contributed by atoms with van der Waals surface area (Å²) < 4.78 is 21.5. The van der Waals surface area contributed by atoms with Crippen molar-refractivity contribution < 1.29 is 28.5 Å². The number of esters is 1. The van der Waals surface area contributed by atoms with Crippen LogP contribution in [0.1, 0.15) is 22.8 Å². The van der Waals surface area contributed by atoms with Gasteiger partial charge in [0.25, 0.3) is 5.91 Å². The zero-order valence-electron chi connectivity index (χ0n) is 15.4. The summed E-state index contributed by atoms with van der Waals surface area (Å²) in [4.78, 5) is 24.7. The molecule has 2 aromatic carbocycles. The molecular weight excluding hydrogens is 364 g/mol. The van der Waals surface area contributed by atoms with Gasteiger partial charge in [-0.05, 0) is 43.3 Å². The van der Waals surface area contributed by atoms with Crippen molar-refractivity contribution in [1.29, 1.82) is 5.26 Å². The second-order valence-corrected chi connectivity index (χ2v) is 5.93. The fraction of sp³-hybridized carbons (Fsp3) is 0.250. The van der Waals surface area contributed by atoms with Gasteiger partial charge in [0.05, 0.1) is 24.3 Å². The Morgan fingerprint density at radius 1 is 1.18 bits per heavy atom. The van der Waals surface area contributed by atoms with Crippen molar-refractivity contribution in [2.45, 2.75) is 13.0 Å². The first-order chi connectivity index (χ1) is 13.5. The average molecular weight is 382 g/mol. The van der Waals surface area contributed by atoms with Crippen LogP contribution in [0.4, 0.5) is 5.69 Å². The smallest absolute Gasteiger partial charge is 0.339 e. The van der Waals surface area contributed by atoms with Gasteiger partial charge in [-0.25, -0.2) is 4.79 Å². The summed E-state index contributed by atoms with van der Waals surface area (Å²) in [6.07, 6.45) is -1.04. The Balaban J connectivity index is 1.68. The van der Waals surface area contributed by atoms with E-state index in [4.69, 9.17) is 24.2 Å². The maximum Gasteiger partial charge on any atom is 0.339 e. The number of nitriles is 1. The molecule has 1 atom stereocenters. The standard InChI is InChI=1S/C20H18N2O6/c1-12(19(23)22-15-5-3-13(11-21)4-6-15)28-20(24)14-9-16(25-2)18-17(10-14)26-7-8-27-18/h3-6,9-10,12H,7-8H2,1-2H3,(H,22,23)/t12-/m1/s1. The topological polar surface area (TPSA) is 107 Å². The number of benzene rings is 2. The Morgan fingerprint density at radius 3 is 2.57 bits per heavy atom. The van der Waals surface area contributed by atoms with Crippen LogP contribution >= 0.6 is 0 Å². The van der Waals surface area contributed by atoms with Crippen LogP contribution in [0.15, 0.2) is 36.4 Å². The summed E-state index contributed by atoms with van der Waals surface area (Å²) in [5, 5.41) is 11.4. The van der Waals surface area contributed by atoms with Crippen LogP contribution in [0.5, 0.6) is 17.2 Å². The molecule has 8 heteroatoms. The normalized spacial score (nSPS) is 13.0. The molecule has 0 aromatic heterocycles.